The number of hydrogen-bond acceptors (Lipinski definition) is 4. The largest absolute Gasteiger partial charge is 0.473 e. The molecule has 3 aromatic carbocycles. The third-order valence-corrected chi connectivity index (χ3v) is 5.91. The van der Waals surface area contributed by atoms with Gasteiger partial charge in [0.25, 0.3) is 0 Å². The zero-order chi connectivity index (χ0) is 25.2. The molecule has 0 radical (unpaired) electrons. The number of carboxylic acids is 2. The summed E-state index contributed by atoms with van der Waals surface area (Å²) in [7, 11) is 0. The first kappa shape index (κ1) is 25.9. The van der Waals surface area contributed by atoms with Crippen LogP contribution in [0.15, 0.2) is 84.9 Å². The van der Waals surface area contributed by atoms with E-state index in [9.17, 15) is 4.79 Å². The SMILES string of the molecule is O=C(C(c1ccccc1)c1ccccc1)N1CCN(Cc2cccc(Cl)c2)CC1.O=C(O)C(=O)O. The molecule has 0 bridgehead atoms. The van der Waals surface area contributed by atoms with Gasteiger partial charge in [0.05, 0.1) is 5.92 Å². The van der Waals surface area contributed by atoms with Gasteiger partial charge in [-0.1, -0.05) is 84.4 Å². The Bertz CT molecular complexity index is 1080. The van der Waals surface area contributed by atoms with Crippen LogP contribution >= 0.6 is 11.6 Å². The van der Waals surface area contributed by atoms with Gasteiger partial charge in [-0.05, 0) is 28.8 Å². The van der Waals surface area contributed by atoms with Crippen molar-refractivity contribution in [3.8, 4) is 0 Å². The minimum atomic E-state index is -1.82. The van der Waals surface area contributed by atoms with E-state index in [0.717, 1.165) is 48.9 Å². The van der Waals surface area contributed by atoms with Crippen molar-refractivity contribution in [2.75, 3.05) is 26.2 Å². The lowest BCUT2D eigenvalue weighted by atomic mass is 9.90. The summed E-state index contributed by atoms with van der Waals surface area (Å²) in [6.07, 6.45) is 0. The maximum atomic E-state index is 13.5. The molecule has 3 aromatic rings. The average Bonchev–Trinajstić information content (AvgIpc) is 2.86. The first-order valence-corrected chi connectivity index (χ1v) is 11.5. The molecule has 0 atom stereocenters. The summed E-state index contributed by atoms with van der Waals surface area (Å²) < 4.78 is 0. The average molecular weight is 495 g/mol. The van der Waals surface area contributed by atoms with Gasteiger partial charge in [-0.25, -0.2) is 9.59 Å². The molecule has 2 N–H and O–H groups in total. The highest BCUT2D eigenvalue weighted by Crippen LogP contribution is 2.27. The fourth-order valence-electron chi connectivity index (χ4n) is 3.97. The highest BCUT2D eigenvalue weighted by molar-refractivity contribution is 6.30. The Labute approximate surface area is 209 Å². The molecule has 35 heavy (non-hydrogen) atoms. The molecular formula is C27H27ClN2O5. The van der Waals surface area contributed by atoms with E-state index in [4.69, 9.17) is 31.4 Å². The van der Waals surface area contributed by atoms with Gasteiger partial charge in [0.15, 0.2) is 0 Å². The van der Waals surface area contributed by atoms with Gasteiger partial charge >= 0.3 is 11.9 Å². The molecule has 1 aliphatic heterocycles. The van der Waals surface area contributed by atoms with Crippen LogP contribution in [0.5, 0.6) is 0 Å². The van der Waals surface area contributed by atoms with Crippen molar-refractivity contribution in [1.82, 2.24) is 9.80 Å². The summed E-state index contributed by atoms with van der Waals surface area (Å²) in [5, 5.41) is 15.6. The Kier molecular flexibility index (Phi) is 9.40. The second-order valence-corrected chi connectivity index (χ2v) is 8.53. The number of rotatable bonds is 5. The molecule has 0 saturated carbocycles. The van der Waals surface area contributed by atoms with E-state index in [1.54, 1.807) is 0 Å². The number of carbonyl (C=O) groups excluding carboxylic acids is 1. The van der Waals surface area contributed by atoms with Crippen LogP contribution in [0, 0.1) is 0 Å². The Balaban J connectivity index is 0.000000509. The summed E-state index contributed by atoms with van der Waals surface area (Å²) in [6.45, 7) is 4.09. The van der Waals surface area contributed by atoms with E-state index in [-0.39, 0.29) is 11.8 Å². The van der Waals surface area contributed by atoms with Crippen LogP contribution in [-0.2, 0) is 20.9 Å². The van der Waals surface area contributed by atoms with E-state index in [1.165, 1.54) is 5.56 Å². The number of hydrogen-bond donors (Lipinski definition) is 2. The molecule has 8 heteroatoms. The van der Waals surface area contributed by atoms with Gasteiger partial charge in [-0.2, -0.15) is 0 Å². The first-order valence-electron chi connectivity index (χ1n) is 11.2. The van der Waals surface area contributed by atoms with Gasteiger partial charge in [0, 0.05) is 37.7 Å². The van der Waals surface area contributed by atoms with Crippen LogP contribution in [-0.4, -0.2) is 64.0 Å². The van der Waals surface area contributed by atoms with Gasteiger partial charge < -0.3 is 15.1 Å². The molecule has 0 spiro atoms. The van der Waals surface area contributed by atoms with Crippen molar-refractivity contribution in [2.24, 2.45) is 0 Å². The summed E-state index contributed by atoms with van der Waals surface area (Å²) in [6, 6.07) is 28.2. The number of aliphatic carboxylic acids is 2. The maximum Gasteiger partial charge on any atom is 0.414 e. The van der Waals surface area contributed by atoms with Crippen LogP contribution in [0.25, 0.3) is 0 Å². The summed E-state index contributed by atoms with van der Waals surface area (Å²) >= 11 is 6.11. The monoisotopic (exact) mass is 494 g/mol. The summed E-state index contributed by atoms with van der Waals surface area (Å²) in [5.41, 5.74) is 3.30. The highest BCUT2D eigenvalue weighted by Gasteiger charge is 2.29. The lowest BCUT2D eigenvalue weighted by molar-refractivity contribution is -0.159. The van der Waals surface area contributed by atoms with E-state index in [1.807, 2.05) is 83.8 Å². The number of nitrogens with zero attached hydrogens (tertiary/aromatic N) is 2. The minimum Gasteiger partial charge on any atom is -0.473 e. The Morgan fingerprint density at radius 2 is 1.26 bits per heavy atom. The molecule has 0 aromatic heterocycles. The lowest BCUT2D eigenvalue weighted by Gasteiger charge is -2.36. The second kappa shape index (κ2) is 12.7. The minimum absolute atomic E-state index is 0.185. The fraction of sp³-hybridized carbons (Fsp3) is 0.222. The Hall–Kier alpha value is -3.68. The van der Waals surface area contributed by atoms with Gasteiger partial charge in [0.2, 0.25) is 5.91 Å². The first-order chi connectivity index (χ1) is 16.8. The molecule has 1 aliphatic rings. The molecule has 1 heterocycles. The number of halogens is 1. The van der Waals surface area contributed by atoms with Crippen molar-refractivity contribution < 1.29 is 24.6 Å². The topological polar surface area (TPSA) is 98.2 Å². The van der Waals surface area contributed by atoms with Gasteiger partial charge in [-0.3, -0.25) is 9.69 Å². The zero-order valence-electron chi connectivity index (χ0n) is 19.1. The Morgan fingerprint density at radius 1 is 0.743 bits per heavy atom. The third kappa shape index (κ3) is 7.67. The smallest absolute Gasteiger partial charge is 0.414 e. The standard InChI is InChI=1S/C25H25ClN2O.C2H2O4/c26-23-13-7-8-20(18-23)19-27-14-16-28(17-15-27)25(29)24(21-9-3-1-4-10-21)22-11-5-2-6-12-22;3-1(4)2(5)6/h1-13,18,24H,14-17,19H2;(H,3,4)(H,5,6). The van der Waals surface area contributed by atoms with Crippen molar-refractivity contribution in [1.29, 1.82) is 0 Å². The number of carbonyl (C=O) groups is 3. The molecule has 182 valence electrons. The van der Waals surface area contributed by atoms with Crippen molar-refractivity contribution in [3.05, 3.63) is 107 Å². The number of carboxylic acid groups (broad SMARTS) is 2. The summed E-state index contributed by atoms with van der Waals surface area (Å²) in [5.74, 6) is -3.72. The van der Waals surface area contributed by atoms with Crippen LogP contribution in [0.4, 0.5) is 0 Å². The van der Waals surface area contributed by atoms with Gasteiger partial charge in [-0.15, -0.1) is 0 Å². The number of benzene rings is 3. The van der Waals surface area contributed by atoms with E-state index >= 15 is 0 Å². The Morgan fingerprint density at radius 3 is 1.71 bits per heavy atom. The zero-order valence-corrected chi connectivity index (χ0v) is 19.8. The predicted octanol–water partition coefficient (Wildman–Crippen LogP) is 3.97. The number of amides is 1. The third-order valence-electron chi connectivity index (χ3n) is 5.67. The van der Waals surface area contributed by atoms with Crippen molar-refractivity contribution in [2.45, 2.75) is 12.5 Å². The highest BCUT2D eigenvalue weighted by atomic mass is 35.5. The molecule has 1 saturated heterocycles. The van der Waals surface area contributed by atoms with Gasteiger partial charge in [0.1, 0.15) is 0 Å². The molecule has 0 aliphatic carbocycles. The molecule has 1 amide bonds. The molecule has 1 fully saturated rings. The lowest BCUT2D eigenvalue weighted by Crippen LogP contribution is -2.49. The van der Waals surface area contributed by atoms with E-state index in [2.05, 4.69) is 11.0 Å². The summed E-state index contributed by atoms with van der Waals surface area (Å²) in [4.78, 5) is 36.1. The fourth-order valence-corrected chi connectivity index (χ4v) is 4.18. The molecule has 0 unspecified atom stereocenters. The van der Waals surface area contributed by atoms with Crippen LogP contribution < -0.4 is 0 Å². The van der Waals surface area contributed by atoms with E-state index in [0.29, 0.717) is 0 Å². The number of piperazine rings is 1. The van der Waals surface area contributed by atoms with Crippen LogP contribution in [0.3, 0.4) is 0 Å². The maximum absolute atomic E-state index is 13.5. The normalized spacial score (nSPS) is 13.6. The predicted molar refractivity (Wildman–Crippen MR) is 133 cm³/mol. The van der Waals surface area contributed by atoms with E-state index < -0.39 is 11.9 Å². The molecule has 7 nitrogen and oxygen atoms in total. The molecule has 4 rings (SSSR count). The quantitative estimate of drug-likeness (QED) is 0.521. The second-order valence-electron chi connectivity index (χ2n) is 8.10. The van der Waals surface area contributed by atoms with Crippen molar-refractivity contribution in [3.63, 3.8) is 0 Å². The molecular weight excluding hydrogens is 468 g/mol. The van der Waals surface area contributed by atoms with Crippen LogP contribution in [0.1, 0.15) is 22.6 Å². The van der Waals surface area contributed by atoms with Crippen LogP contribution in [0.2, 0.25) is 5.02 Å². The van der Waals surface area contributed by atoms with Crippen molar-refractivity contribution >= 4 is 29.4 Å².